The van der Waals surface area contributed by atoms with Crippen LogP contribution in [-0.4, -0.2) is 90.5 Å². The van der Waals surface area contributed by atoms with Gasteiger partial charge in [-0.15, -0.1) is 0 Å². The smallest absolute Gasteiger partial charge is 0.259 e. The van der Waals surface area contributed by atoms with Gasteiger partial charge in [-0.05, 0) is 39.6 Å². The number of hydrogen-bond donors (Lipinski definition) is 0. The highest BCUT2D eigenvalue weighted by Gasteiger charge is 2.24. The van der Waals surface area contributed by atoms with Gasteiger partial charge in [0.15, 0.2) is 0 Å². The Balaban J connectivity index is 1.74. The Hall–Kier alpha value is -1.96. The second kappa shape index (κ2) is 7.81. The highest BCUT2D eigenvalue weighted by Crippen LogP contribution is 2.26. The quantitative estimate of drug-likeness (QED) is 0.789. The topological polar surface area (TPSA) is 47.3 Å². The fraction of sp³-hybridized carbons (Fsp3) is 0.619. The summed E-state index contributed by atoms with van der Waals surface area (Å²) in [5.74, 6) is 0.814. The molecule has 0 bridgehead atoms. The first-order chi connectivity index (χ1) is 13.4. The molecule has 2 saturated heterocycles. The van der Waals surface area contributed by atoms with Crippen LogP contribution in [0.2, 0.25) is 0 Å². The minimum atomic E-state index is 0.00876. The van der Waals surface area contributed by atoms with Crippen molar-refractivity contribution in [3.8, 4) is 0 Å². The molecule has 1 atom stereocenters. The van der Waals surface area contributed by atoms with Crippen molar-refractivity contribution >= 4 is 11.5 Å². The fourth-order valence-corrected chi connectivity index (χ4v) is 4.27. The zero-order valence-electron chi connectivity index (χ0n) is 17.6. The van der Waals surface area contributed by atoms with Gasteiger partial charge in [0.2, 0.25) is 0 Å². The highest BCUT2D eigenvalue weighted by atomic mass is 16.1. The second-order valence-electron chi connectivity index (χ2n) is 8.42. The van der Waals surface area contributed by atoms with Gasteiger partial charge in [0.1, 0.15) is 11.5 Å². The van der Waals surface area contributed by atoms with E-state index in [1.54, 1.807) is 10.5 Å². The molecule has 0 saturated carbocycles. The van der Waals surface area contributed by atoms with Crippen LogP contribution in [-0.2, 0) is 0 Å². The minimum absolute atomic E-state index is 0.00876. The first-order valence-electron chi connectivity index (χ1n) is 10.3. The van der Waals surface area contributed by atoms with Gasteiger partial charge in [0, 0.05) is 76.2 Å². The third-order valence-corrected chi connectivity index (χ3v) is 6.28. The Morgan fingerprint density at radius 2 is 1.54 bits per heavy atom. The average molecular weight is 385 g/mol. The largest absolute Gasteiger partial charge is 0.354 e. The molecule has 4 rings (SSSR count). The summed E-state index contributed by atoms with van der Waals surface area (Å²) in [5.41, 5.74) is 3.06. The number of hydrogen-bond acceptors (Lipinski definition) is 6. The van der Waals surface area contributed by atoms with Crippen LogP contribution in [0.15, 0.2) is 23.1 Å². The molecule has 7 nitrogen and oxygen atoms in total. The van der Waals surface area contributed by atoms with E-state index in [1.165, 1.54) is 0 Å². The highest BCUT2D eigenvalue weighted by molar-refractivity contribution is 5.55. The first kappa shape index (κ1) is 19.4. The van der Waals surface area contributed by atoms with Gasteiger partial charge in [-0.25, -0.2) is 4.98 Å². The molecule has 0 N–H and O–H groups in total. The molecule has 2 fully saturated rings. The van der Waals surface area contributed by atoms with Crippen LogP contribution in [0, 0.1) is 6.92 Å². The Morgan fingerprint density at radius 1 is 0.929 bits per heavy atom. The lowest BCUT2D eigenvalue weighted by Crippen LogP contribution is -2.46. The lowest BCUT2D eigenvalue weighted by molar-refractivity contribution is 0.119. The van der Waals surface area contributed by atoms with Gasteiger partial charge in [0.05, 0.1) is 0 Å². The molecule has 2 aromatic heterocycles. The molecule has 152 valence electrons. The number of aryl methyl sites for hydroxylation is 1. The Kier molecular flexibility index (Phi) is 5.40. The van der Waals surface area contributed by atoms with E-state index in [-0.39, 0.29) is 11.6 Å². The molecule has 1 unspecified atom stereocenters. The summed E-state index contributed by atoms with van der Waals surface area (Å²) < 4.78 is 1.73. The number of likely N-dealkylation sites (N-methyl/N-ethyl adjacent to an activating group) is 2. The first-order valence-corrected chi connectivity index (χ1v) is 10.3. The Labute approximate surface area is 167 Å². The van der Waals surface area contributed by atoms with Gasteiger partial charge in [-0.1, -0.05) is 0 Å². The molecular formula is C21H32N6O. The maximum atomic E-state index is 12.9. The molecule has 0 aliphatic carbocycles. The van der Waals surface area contributed by atoms with Crippen molar-refractivity contribution in [3.05, 3.63) is 39.8 Å². The van der Waals surface area contributed by atoms with Gasteiger partial charge in [-0.2, -0.15) is 0 Å². The maximum absolute atomic E-state index is 12.9. The van der Waals surface area contributed by atoms with Crippen molar-refractivity contribution < 1.29 is 0 Å². The zero-order valence-corrected chi connectivity index (χ0v) is 17.6. The molecule has 4 heterocycles. The number of anilines is 1. The number of piperazine rings is 2. The lowest BCUT2D eigenvalue weighted by Gasteiger charge is -2.37. The standard InChI is InChI=1S/C21H32N6O/c1-16-13-18(17(2)25-9-5-23(3)6-10-25)21-22-19(14-20(28)27(21)15-16)26-11-7-24(4)8-12-26/h13-15,17H,5-12H2,1-4H3. The summed E-state index contributed by atoms with van der Waals surface area (Å²) >= 11 is 0. The molecule has 7 heteroatoms. The summed E-state index contributed by atoms with van der Waals surface area (Å²) in [6.45, 7) is 12.4. The number of aromatic nitrogens is 2. The van der Waals surface area contributed by atoms with Crippen LogP contribution in [0.5, 0.6) is 0 Å². The number of nitrogens with zero attached hydrogens (tertiary/aromatic N) is 6. The van der Waals surface area contributed by atoms with Gasteiger partial charge >= 0.3 is 0 Å². The van der Waals surface area contributed by atoms with Crippen molar-refractivity contribution in [1.82, 2.24) is 24.1 Å². The predicted octanol–water partition coefficient (Wildman–Crippen LogP) is 1.06. The number of rotatable bonds is 3. The van der Waals surface area contributed by atoms with Crippen molar-refractivity contribution in [2.45, 2.75) is 19.9 Å². The van der Waals surface area contributed by atoms with Crippen LogP contribution >= 0.6 is 0 Å². The van der Waals surface area contributed by atoms with Crippen molar-refractivity contribution in [2.24, 2.45) is 0 Å². The van der Waals surface area contributed by atoms with Gasteiger partial charge in [-0.3, -0.25) is 14.1 Å². The Morgan fingerprint density at radius 3 is 2.18 bits per heavy atom. The van der Waals surface area contributed by atoms with Gasteiger partial charge < -0.3 is 14.7 Å². The van der Waals surface area contributed by atoms with Crippen LogP contribution in [0.4, 0.5) is 5.82 Å². The second-order valence-corrected chi connectivity index (χ2v) is 8.42. The summed E-state index contributed by atoms with van der Waals surface area (Å²) in [6, 6.07) is 4.14. The molecule has 28 heavy (non-hydrogen) atoms. The molecule has 0 aromatic carbocycles. The third kappa shape index (κ3) is 3.79. The van der Waals surface area contributed by atoms with Crippen LogP contribution < -0.4 is 10.5 Å². The predicted molar refractivity (Wildman–Crippen MR) is 113 cm³/mol. The van der Waals surface area contributed by atoms with Crippen LogP contribution in [0.1, 0.15) is 24.1 Å². The molecule has 0 radical (unpaired) electrons. The van der Waals surface area contributed by atoms with E-state index in [0.29, 0.717) is 0 Å². The lowest BCUT2D eigenvalue weighted by atomic mass is 10.1. The van der Waals surface area contributed by atoms with Crippen molar-refractivity contribution in [1.29, 1.82) is 0 Å². The van der Waals surface area contributed by atoms with E-state index in [9.17, 15) is 4.79 Å². The molecule has 2 aliphatic heterocycles. The van der Waals surface area contributed by atoms with E-state index >= 15 is 0 Å². The zero-order chi connectivity index (χ0) is 19.8. The summed E-state index contributed by atoms with van der Waals surface area (Å²) in [5, 5.41) is 0. The van der Waals surface area contributed by atoms with E-state index in [2.05, 4.69) is 53.6 Å². The van der Waals surface area contributed by atoms with Gasteiger partial charge in [0.25, 0.3) is 5.56 Å². The third-order valence-electron chi connectivity index (χ3n) is 6.28. The molecule has 2 aliphatic rings. The van der Waals surface area contributed by atoms with E-state index in [4.69, 9.17) is 4.98 Å². The van der Waals surface area contributed by atoms with E-state index in [0.717, 1.165) is 74.9 Å². The normalized spacial score (nSPS) is 21.4. The summed E-state index contributed by atoms with van der Waals surface area (Å²) in [6.07, 6.45) is 1.92. The van der Waals surface area contributed by atoms with Crippen LogP contribution in [0.3, 0.4) is 0 Å². The van der Waals surface area contributed by atoms with E-state index in [1.807, 2.05) is 6.20 Å². The number of pyridine rings is 1. The Bertz CT molecular complexity index is 894. The SMILES string of the molecule is Cc1cc(C(C)N2CCN(C)CC2)c2nc(N3CCN(C)CC3)cc(=O)n2c1. The minimum Gasteiger partial charge on any atom is -0.354 e. The molecule has 0 amide bonds. The average Bonchev–Trinajstić information content (AvgIpc) is 2.68. The van der Waals surface area contributed by atoms with Crippen molar-refractivity contribution in [2.75, 3.05) is 71.4 Å². The molecule has 2 aromatic rings. The van der Waals surface area contributed by atoms with E-state index < -0.39 is 0 Å². The maximum Gasteiger partial charge on any atom is 0.259 e. The van der Waals surface area contributed by atoms with Crippen molar-refractivity contribution in [3.63, 3.8) is 0 Å². The molecular weight excluding hydrogens is 352 g/mol. The van der Waals surface area contributed by atoms with Crippen LogP contribution in [0.25, 0.3) is 5.65 Å². The number of fused-ring (bicyclic) bond motifs is 1. The monoisotopic (exact) mass is 384 g/mol. The summed E-state index contributed by atoms with van der Waals surface area (Å²) in [7, 11) is 4.31. The fourth-order valence-electron chi connectivity index (χ4n) is 4.27. The summed E-state index contributed by atoms with van der Waals surface area (Å²) in [4.78, 5) is 27.3. The molecule has 0 spiro atoms.